The van der Waals surface area contributed by atoms with Crippen molar-refractivity contribution in [1.82, 2.24) is 24.7 Å². The molecule has 0 spiro atoms. The highest BCUT2D eigenvalue weighted by atomic mass is 35.5. The number of hydrogen-bond donors (Lipinski definition) is 1. The van der Waals surface area contributed by atoms with Crippen molar-refractivity contribution in [3.8, 4) is 16.9 Å². The average molecular weight is 434 g/mol. The Morgan fingerprint density at radius 2 is 1.81 bits per heavy atom. The molecule has 9 heteroatoms. The molecule has 156 valence electrons. The fourth-order valence-corrected chi connectivity index (χ4v) is 3.64. The second-order valence-corrected chi connectivity index (χ2v) is 7.37. The minimum atomic E-state index is 0.450. The minimum absolute atomic E-state index is 0.450. The maximum absolute atomic E-state index is 6.81. The molecule has 0 amide bonds. The third-order valence-electron chi connectivity index (χ3n) is 4.96. The molecule has 0 aliphatic carbocycles. The highest BCUT2D eigenvalue weighted by molar-refractivity contribution is 6.35. The van der Waals surface area contributed by atoms with Crippen LogP contribution in [0.4, 0.5) is 17.5 Å². The molecular formula is C22H20ClN7O. The molecule has 1 saturated heterocycles. The van der Waals surface area contributed by atoms with Gasteiger partial charge in [-0.05, 0) is 30.3 Å². The zero-order valence-corrected chi connectivity index (χ0v) is 17.4. The summed E-state index contributed by atoms with van der Waals surface area (Å²) in [6, 6.07) is 13.6. The van der Waals surface area contributed by atoms with Crippen LogP contribution in [-0.4, -0.2) is 51.0 Å². The maximum atomic E-state index is 6.81. The normalized spacial score (nSPS) is 13.9. The monoisotopic (exact) mass is 433 g/mol. The van der Waals surface area contributed by atoms with Crippen molar-refractivity contribution in [2.75, 3.05) is 36.5 Å². The van der Waals surface area contributed by atoms with E-state index < -0.39 is 0 Å². The molecular weight excluding hydrogens is 414 g/mol. The lowest BCUT2D eigenvalue weighted by atomic mass is 10.1. The second kappa shape index (κ2) is 8.71. The number of morpholine rings is 1. The average Bonchev–Trinajstić information content (AvgIpc) is 3.37. The Morgan fingerprint density at radius 3 is 2.58 bits per heavy atom. The van der Waals surface area contributed by atoms with Gasteiger partial charge < -0.3 is 15.0 Å². The maximum Gasteiger partial charge on any atom is 0.228 e. The van der Waals surface area contributed by atoms with Crippen molar-refractivity contribution >= 4 is 29.1 Å². The van der Waals surface area contributed by atoms with Crippen molar-refractivity contribution < 1.29 is 4.74 Å². The van der Waals surface area contributed by atoms with Crippen molar-refractivity contribution in [1.29, 1.82) is 0 Å². The SMILES string of the molecule is Clc1c(Nc2ccncc2)nc(N2CCOCC2)nc1-c1cccc(-n2cccn2)c1. The molecule has 0 unspecified atom stereocenters. The Balaban J connectivity index is 1.60. The van der Waals surface area contributed by atoms with Gasteiger partial charge in [0.15, 0.2) is 5.82 Å². The van der Waals surface area contributed by atoms with Crippen LogP contribution >= 0.6 is 11.6 Å². The van der Waals surface area contributed by atoms with E-state index in [1.807, 2.05) is 48.7 Å². The number of pyridine rings is 1. The van der Waals surface area contributed by atoms with Crippen LogP contribution in [0.3, 0.4) is 0 Å². The van der Waals surface area contributed by atoms with Crippen molar-refractivity contribution in [3.05, 3.63) is 72.3 Å². The van der Waals surface area contributed by atoms with Gasteiger partial charge in [0.05, 0.1) is 24.6 Å². The molecule has 0 bridgehead atoms. The van der Waals surface area contributed by atoms with Gasteiger partial charge in [0, 0.05) is 49.1 Å². The number of aromatic nitrogens is 5. The predicted octanol–water partition coefficient (Wildman–Crippen LogP) is 3.96. The number of benzene rings is 1. The Kier molecular flexibility index (Phi) is 5.47. The summed E-state index contributed by atoms with van der Waals surface area (Å²) in [7, 11) is 0. The fraction of sp³-hybridized carbons (Fsp3) is 0.182. The van der Waals surface area contributed by atoms with Gasteiger partial charge in [0.25, 0.3) is 0 Å². The standard InChI is InChI=1S/C22H20ClN7O/c23-19-20(16-3-1-4-18(15-16)30-10-2-7-25-30)27-22(29-11-13-31-14-12-29)28-21(19)26-17-5-8-24-9-6-17/h1-10,15H,11-14H2,(H,24,26,27,28). The van der Waals surface area contributed by atoms with Crippen LogP contribution in [0.2, 0.25) is 5.02 Å². The first-order valence-corrected chi connectivity index (χ1v) is 10.3. The van der Waals surface area contributed by atoms with E-state index in [0.29, 0.717) is 35.7 Å². The molecule has 1 aliphatic heterocycles. The summed E-state index contributed by atoms with van der Waals surface area (Å²) < 4.78 is 7.29. The number of nitrogens with zero attached hydrogens (tertiary/aromatic N) is 6. The van der Waals surface area contributed by atoms with Crippen molar-refractivity contribution in [3.63, 3.8) is 0 Å². The van der Waals surface area contributed by atoms with Crippen LogP contribution in [0.15, 0.2) is 67.3 Å². The number of ether oxygens (including phenoxy) is 1. The molecule has 1 N–H and O–H groups in total. The Hall–Kier alpha value is -3.49. The Morgan fingerprint density at radius 1 is 0.968 bits per heavy atom. The topological polar surface area (TPSA) is 81.0 Å². The lowest BCUT2D eigenvalue weighted by molar-refractivity contribution is 0.122. The molecule has 31 heavy (non-hydrogen) atoms. The third kappa shape index (κ3) is 4.21. The Bertz CT molecular complexity index is 1160. The number of hydrogen-bond acceptors (Lipinski definition) is 7. The lowest BCUT2D eigenvalue weighted by Gasteiger charge is -2.27. The molecule has 1 aromatic carbocycles. The van der Waals surface area contributed by atoms with Gasteiger partial charge >= 0.3 is 0 Å². The quantitative estimate of drug-likeness (QED) is 0.510. The molecule has 0 saturated carbocycles. The molecule has 8 nitrogen and oxygen atoms in total. The summed E-state index contributed by atoms with van der Waals surface area (Å²) in [6.07, 6.45) is 7.08. The minimum Gasteiger partial charge on any atom is -0.378 e. The van der Waals surface area contributed by atoms with Crippen LogP contribution in [0.1, 0.15) is 0 Å². The molecule has 5 rings (SSSR count). The highest BCUT2D eigenvalue weighted by Crippen LogP contribution is 2.35. The lowest BCUT2D eigenvalue weighted by Crippen LogP contribution is -2.37. The van der Waals surface area contributed by atoms with Gasteiger partial charge in [0.2, 0.25) is 5.95 Å². The predicted molar refractivity (Wildman–Crippen MR) is 120 cm³/mol. The van der Waals surface area contributed by atoms with E-state index in [0.717, 1.165) is 30.0 Å². The van der Waals surface area contributed by atoms with E-state index in [-0.39, 0.29) is 0 Å². The zero-order chi connectivity index (χ0) is 21.0. The number of halogens is 1. The molecule has 4 heterocycles. The summed E-state index contributed by atoms with van der Waals surface area (Å²) in [4.78, 5) is 15.7. The molecule has 0 radical (unpaired) electrons. The molecule has 4 aromatic rings. The Labute approximate surface area is 184 Å². The van der Waals surface area contributed by atoms with Gasteiger partial charge in [0.1, 0.15) is 5.02 Å². The molecule has 1 fully saturated rings. The van der Waals surface area contributed by atoms with E-state index in [2.05, 4.69) is 20.3 Å². The summed E-state index contributed by atoms with van der Waals surface area (Å²) in [5, 5.41) is 8.07. The summed E-state index contributed by atoms with van der Waals surface area (Å²) in [5.41, 5.74) is 3.31. The number of nitrogens with one attached hydrogen (secondary N) is 1. The van der Waals surface area contributed by atoms with E-state index in [1.54, 1.807) is 23.3 Å². The smallest absolute Gasteiger partial charge is 0.228 e. The van der Waals surface area contributed by atoms with Gasteiger partial charge in [-0.15, -0.1) is 0 Å². The van der Waals surface area contributed by atoms with E-state index >= 15 is 0 Å². The van der Waals surface area contributed by atoms with Crippen molar-refractivity contribution in [2.24, 2.45) is 0 Å². The first kappa shape index (κ1) is 19.5. The highest BCUT2D eigenvalue weighted by Gasteiger charge is 2.20. The van der Waals surface area contributed by atoms with Crippen LogP contribution in [0.5, 0.6) is 0 Å². The van der Waals surface area contributed by atoms with Gasteiger partial charge in [-0.1, -0.05) is 23.7 Å². The van der Waals surface area contributed by atoms with Gasteiger partial charge in [-0.2, -0.15) is 10.1 Å². The third-order valence-corrected chi connectivity index (χ3v) is 5.32. The molecule has 3 aromatic heterocycles. The van der Waals surface area contributed by atoms with Crippen LogP contribution in [0.25, 0.3) is 16.9 Å². The first-order chi connectivity index (χ1) is 15.3. The molecule has 1 aliphatic rings. The van der Waals surface area contributed by atoms with Gasteiger partial charge in [-0.25, -0.2) is 9.67 Å². The van der Waals surface area contributed by atoms with E-state index in [9.17, 15) is 0 Å². The fourth-order valence-electron chi connectivity index (χ4n) is 3.40. The van der Waals surface area contributed by atoms with Crippen LogP contribution in [0, 0.1) is 0 Å². The van der Waals surface area contributed by atoms with Gasteiger partial charge in [-0.3, -0.25) is 4.98 Å². The summed E-state index contributed by atoms with van der Waals surface area (Å²) in [5.74, 6) is 1.16. The zero-order valence-electron chi connectivity index (χ0n) is 16.6. The number of rotatable bonds is 5. The largest absolute Gasteiger partial charge is 0.378 e. The molecule has 0 atom stereocenters. The summed E-state index contributed by atoms with van der Waals surface area (Å²) in [6.45, 7) is 2.73. The summed E-state index contributed by atoms with van der Waals surface area (Å²) >= 11 is 6.81. The number of anilines is 3. The first-order valence-electron chi connectivity index (χ1n) is 9.96. The van der Waals surface area contributed by atoms with E-state index in [4.69, 9.17) is 26.3 Å². The van der Waals surface area contributed by atoms with Crippen LogP contribution in [-0.2, 0) is 4.74 Å². The second-order valence-electron chi connectivity index (χ2n) is 7.00. The van der Waals surface area contributed by atoms with E-state index in [1.165, 1.54) is 0 Å². The van der Waals surface area contributed by atoms with Crippen LogP contribution < -0.4 is 10.2 Å². The van der Waals surface area contributed by atoms with Crippen molar-refractivity contribution in [2.45, 2.75) is 0 Å².